The van der Waals surface area contributed by atoms with Crippen molar-refractivity contribution >= 4 is 46.0 Å². The summed E-state index contributed by atoms with van der Waals surface area (Å²) >= 11 is 6.59. The van der Waals surface area contributed by atoms with Crippen LogP contribution in [0.1, 0.15) is 36.5 Å². The van der Waals surface area contributed by atoms with Crippen molar-refractivity contribution in [3.63, 3.8) is 0 Å². The van der Waals surface area contributed by atoms with E-state index in [9.17, 15) is 4.79 Å². The number of amides is 1. The molecule has 0 aliphatic carbocycles. The molecule has 1 aromatic rings. The van der Waals surface area contributed by atoms with Gasteiger partial charge in [-0.1, -0.05) is 60.4 Å². The third kappa shape index (κ3) is 4.41. The minimum atomic E-state index is 0.00552. The normalized spacial score (nSPS) is 20.8. The van der Waals surface area contributed by atoms with E-state index in [4.69, 9.17) is 12.2 Å². The Hall–Kier alpha value is -2.11. The first-order chi connectivity index (χ1) is 14.2. The average Bonchev–Trinajstić information content (AvgIpc) is 3.00. The fourth-order valence-corrected chi connectivity index (χ4v) is 5.55. The van der Waals surface area contributed by atoms with E-state index in [1.807, 2.05) is 37.3 Å². The smallest absolute Gasteiger partial charge is 0.266 e. The molecule has 3 aliphatic rings. The lowest BCUT2D eigenvalue weighted by atomic mass is 9.90. The van der Waals surface area contributed by atoms with E-state index in [0.29, 0.717) is 15.8 Å². The molecule has 3 aliphatic heterocycles. The number of hydrogen-bond acceptors (Lipinski definition) is 4. The Morgan fingerprint density at radius 1 is 1.03 bits per heavy atom. The first kappa shape index (κ1) is 20.2. The maximum Gasteiger partial charge on any atom is 0.266 e. The van der Waals surface area contributed by atoms with Crippen molar-refractivity contribution in [1.82, 2.24) is 4.90 Å². The number of nitrogens with zero attached hydrogens (tertiary/aromatic N) is 2. The van der Waals surface area contributed by atoms with Gasteiger partial charge < -0.3 is 4.90 Å². The molecule has 4 rings (SSSR count). The highest BCUT2D eigenvalue weighted by Crippen LogP contribution is 2.36. The molecule has 29 heavy (non-hydrogen) atoms. The quantitative estimate of drug-likeness (QED) is 0.366. The molecule has 1 aromatic carbocycles. The summed E-state index contributed by atoms with van der Waals surface area (Å²) in [6.07, 6.45) is 18.9. The molecule has 1 saturated heterocycles. The van der Waals surface area contributed by atoms with Crippen molar-refractivity contribution in [2.45, 2.75) is 32.6 Å². The molecular weight excluding hydrogens is 396 g/mol. The second-order valence-corrected chi connectivity index (χ2v) is 9.13. The van der Waals surface area contributed by atoms with Crippen LogP contribution in [0.5, 0.6) is 0 Å². The number of hydrogen-bond donors (Lipinski definition) is 0. The van der Waals surface area contributed by atoms with E-state index in [1.165, 1.54) is 72.9 Å². The van der Waals surface area contributed by atoms with Gasteiger partial charge in [0.2, 0.25) is 0 Å². The molecule has 1 fully saturated rings. The molecule has 0 bridgehead atoms. The number of aryl methyl sites for hydroxylation is 2. The standard InChI is InChI=1S/C24H26N2OS2/c1-2-26-23(27)21(29-24(26)28)13-7-5-3-4-6-10-18-16-19-11-8-14-25-15-9-12-20(17-18)22(19)25/h3-7,10,13,16-17H,2,8-9,11-12,14-15H2,1H3/b4-3+,7-5+,10-6+,21-13-. The van der Waals surface area contributed by atoms with Gasteiger partial charge >= 0.3 is 0 Å². The van der Waals surface area contributed by atoms with Gasteiger partial charge in [-0.3, -0.25) is 9.69 Å². The summed E-state index contributed by atoms with van der Waals surface area (Å²) in [7, 11) is 0. The van der Waals surface area contributed by atoms with Crippen molar-refractivity contribution in [2.24, 2.45) is 0 Å². The molecule has 0 N–H and O–H groups in total. The molecule has 0 spiro atoms. The molecule has 3 nitrogen and oxygen atoms in total. The number of anilines is 1. The summed E-state index contributed by atoms with van der Waals surface area (Å²) in [5.41, 5.74) is 5.84. The van der Waals surface area contributed by atoms with Crippen LogP contribution in [0.2, 0.25) is 0 Å². The van der Waals surface area contributed by atoms with E-state index in [2.05, 4.69) is 29.2 Å². The van der Waals surface area contributed by atoms with Crippen LogP contribution in [-0.2, 0) is 17.6 Å². The summed E-state index contributed by atoms with van der Waals surface area (Å²) in [6, 6.07) is 4.71. The van der Waals surface area contributed by atoms with E-state index in [1.54, 1.807) is 4.90 Å². The summed E-state index contributed by atoms with van der Waals surface area (Å²) in [6.45, 7) is 4.99. The van der Waals surface area contributed by atoms with Crippen molar-refractivity contribution in [2.75, 3.05) is 24.5 Å². The maximum atomic E-state index is 12.1. The van der Waals surface area contributed by atoms with Gasteiger partial charge in [-0.2, -0.15) is 0 Å². The topological polar surface area (TPSA) is 23.6 Å². The first-order valence-corrected chi connectivity index (χ1v) is 11.6. The van der Waals surface area contributed by atoms with Gasteiger partial charge in [-0.25, -0.2) is 0 Å². The zero-order valence-corrected chi connectivity index (χ0v) is 18.4. The Kier molecular flexibility index (Phi) is 6.36. The second kappa shape index (κ2) is 9.14. The third-order valence-electron chi connectivity index (χ3n) is 5.53. The number of carbonyl (C=O) groups is 1. The molecule has 0 saturated carbocycles. The predicted molar refractivity (Wildman–Crippen MR) is 128 cm³/mol. The van der Waals surface area contributed by atoms with E-state index in [-0.39, 0.29) is 5.91 Å². The minimum Gasteiger partial charge on any atom is -0.371 e. The summed E-state index contributed by atoms with van der Waals surface area (Å²) in [5.74, 6) is 0.00552. The Morgan fingerprint density at radius 2 is 1.69 bits per heavy atom. The number of likely N-dealkylation sites (N-methyl/N-ethyl adjacent to an activating group) is 1. The Balaban J connectivity index is 1.38. The van der Waals surface area contributed by atoms with Crippen LogP contribution >= 0.6 is 24.0 Å². The van der Waals surface area contributed by atoms with Crippen LogP contribution in [0.4, 0.5) is 5.69 Å². The van der Waals surface area contributed by atoms with Gasteiger partial charge in [0.05, 0.1) is 4.91 Å². The van der Waals surface area contributed by atoms with Crippen LogP contribution in [0.15, 0.2) is 53.5 Å². The van der Waals surface area contributed by atoms with Gasteiger partial charge in [0.15, 0.2) is 0 Å². The van der Waals surface area contributed by atoms with Crippen LogP contribution < -0.4 is 4.90 Å². The van der Waals surface area contributed by atoms with Crippen molar-refractivity contribution in [1.29, 1.82) is 0 Å². The highest BCUT2D eigenvalue weighted by atomic mass is 32.2. The fraction of sp³-hybridized carbons (Fsp3) is 0.333. The van der Waals surface area contributed by atoms with Gasteiger partial charge in [-0.05, 0) is 67.5 Å². The summed E-state index contributed by atoms with van der Waals surface area (Å²) in [4.78, 5) is 17.0. The van der Waals surface area contributed by atoms with E-state index >= 15 is 0 Å². The molecule has 0 radical (unpaired) electrons. The van der Waals surface area contributed by atoms with Gasteiger partial charge in [0.1, 0.15) is 4.32 Å². The fourth-order valence-electron chi connectivity index (χ4n) is 4.22. The third-order valence-corrected chi connectivity index (χ3v) is 6.92. The van der Waals surface area contributed by atoms with Crippen LogP contribution in [0, 0.1) is 0 Å². The molecule has 0 atom stereocenters. The second-order valence-electron chi connectivity index (χ2n) is 7.46. The molecule has 5 heteroatoms. The van der Waals surface area contributed by atoms with Crippen LogP contribution in [-0.4, -0.2) is 34.8 Å². The van der Waals surface area contributed by atoms with Gasteiger partial charge in [0, 0.05) is 25.3 Å². The van der Waals surface area contributed by atoms with Crippen molar-refractivity contribution in [3.05, 3.63) is 70.2 Å². The van der Waals surface area contributed by atoms with E-state index < -0.39 is 0 Å². The Bertz CT molecular complexity index is 911. The molecule has 0 aromatic heterocycles. The molecule has 3 heterocycles. The minimum absolute atomic E-state index is 0.00552. The molecule has 0 unspecified atom stereocenters. The Morgan fingerprint density at radius 3 is 2.34 bits per heavy atom. The summed E-state index contributed by atoms with van der Waals surface area (Å²) < 4.78 is 0.642. The SMILES string of the molecule is CCN1C(=O)/C(=C/C=C/C=C/C=C/c2cc3c4c(c2)CCCN4CCC3)SC1=S. The number of thiocarbonyl (C=S) groups is 1. The zero-order chi connectivity index (χ0) is 20.2. The van der Waals surface area contributed by atoms with Gasteiger partial charge in [0.25, 0.3) is 5.91 Å². The monoisotopic (exact) mass is 422 g/mol. The van der Waals surface area contributed by atoms with Gasteiger partial charge in [-0.15, -0.1) is 0 Å². The lowest BCUT2D eigenvalue weighted by Crippen LogP contribution is -2.34. The predicted octanol–water partition coefficient (Wildman–Crippen LogP) is 5.28. The molecule has 1 amide bonds. The number of thioether (sulfide) groups is 1. The number of allylic oxidation sites excluding steroid dienone is 6. The highest BCUT2D eigenvalue weighted by molar-refractivity contribution is 8.26. The van der Waals surface area contributed by atoms with Crippen LogP contribution in [0.25, 0.3) is 6.08 Å². The molecule has 150 valence electrons. The number of rotatable bonds is 5. The number of benzene rings is 1. The highest BCUT2D eigenvalue weighted by Gasteiger charge is 2.30. The zero-order valence-electron chi connectivity index (χ0n) is 16.8. The number of carbonyl (C=O) groups excluding carboxylic acids is 1. The largest absolute Gasteiger partial charge is 0.371 e. The first-order valence-electron chi connectivity index (χ1n) is 10.3. The van der Waals surface area contributed by atoms with Crippen molar-refractivity contribution in [3.8, 4) is 0 Å². The summed E-state index contributed by atoms with van der Waals surface area (Å²) in [5, 5.41) is 0. The maximum absolute atomic E-state index is 12.1. The lowest BCUT2D eigenvalue weighted by Gasteiger charge is -2.37. The average molecular weight is 423 g/mol. The molecular formula is C24H26N2OS2. The van der Waals surface area contributed by atoms with E-state index in [0.717, 1.165) is 0 Å². The van der Waals surface area contributed by atoms with Crippen molar-refractivity contribution < 1.29 is 4.79 Å². The van der Waals surface area contributed by atoms with Crippen LogP contribution in [0.3, 0.4) is 0 Å². The Labute approximate surface area is 182 Å². The lowest BCUT2D eigenvalue weighted by molar-refractivity contribution is -0.122.